The number of carbonyl (C=O) groups excluding carboxylic acids is 1. The van der Waals surface area contributed by atoms with Gasteiger partial charge in [-0.05, 0) is 24.3 Å². The average Bonchev–Trinajstić information content (AvgIpc) is 2.73. The van der Waals surface area contributed by atoms with Gasteiger partial charge in [-0.25, -0.2) is 9.97 Å². The van der Waals surface area contributed by atoms with E-state index in [-0.39, 0.29) is 5.91 Å². The number of hydrogen-bond acceptors (Lipinski definition) is 7. The van der Waals surface area contributed by atoms with Crippen molar-refractivity contribution in [3.8, 4) is 5.75 Å². The molecule has 0 aliphatic carbocycles. The number of nitrogens with zero attached hydrogens (tertiary/aromatic N) is 3. The van der Waals surface area contributed by atoms with Crippen LogP contribution in [0.1, 0.15) is 10.4 Å². The van der Waals surface area contributed by atoms with E-state index in [9.17, 15) is 4.79 Å². The van der Waals surface area contributed by atoms with Crippen LogP contribution >= 0.6 is 0 Å². The van der Waals surface area contributed by atoms with Crippen LogP contribution in [0.4, 0.5) is 23.0 Å². The standard InChI is InChI=1S/C19H20N6O2/c1-25(13-8-4-3-5-9-13)18-16(20)17(21-12-22-18)23-24-19(26)14-10-6-7-11-15(14)27-2/h3-12H,20H2,1-2H3,(H,24,26)(H,21,22,23). The van der Waals surface area contributed by atoms with E-state index < -0.39 is 0 Å². The normalized spacial score (nSPS) is 10.1. The number of benzene rings is 2. The van der Waals surface area contributed by atoms with Crippen LogP contribution in [-0.4, -0.2) is 30.0 Å². The summed E-state index contributed by atoms with van der Waals surface area (Å²) in [5, 5.41) is 0. The van der Waals surface area contributed by atoms with Gasteiger partial charge in [0.1, 0.15) is 17.8 Å². The third kappa shape index (κ3) is 3.90. The summed E-state index contributed by atoms with van der Waals surface area (Å²) in [4.78, 5) is 22.6. The van der Waals surface area contributed by atoms with Gasteiger partial charge in [0.2, 0.25) is 0 Å². The molecule has 3 aromatic rings. The Morgan fingerprint density at radius 1 is 1.07 bits per heavy atom. The number of methoxy groups -OCH3 is 1. The van der Waals surface area contributed by atoms with Crippen molar-refractivity contribution in [2.75, 3.05) is 30.2 Å². The monoisotopic (exact) mass is 364 g/mol. The number of hydrogen-bond donors (Lipinski definition) is 3. The van der Waals surface area contributed by atoms with Crippen molar-refractivity contribution in [3.63, 3.8) is 0 Å². The number of aromatic nitrogens is 2. The second-order valence-corrected chi connectivity index (χ2v) is 5.63. The minimum Gasteiger partial charge on any atom is -0.496 e. The predicted octanol–water partition coefficient (Wildman–Crippen LogP) is 2.59. The van der Waals surface area contributed by atoms with Crippen LogP contribution in [0.2, 0.25) is 0 Å². The molecular formula is C19H20N6O2. The quantitative estimate of drug-likeness (QED) is 0.577. The SMILES string of the molecule is COc1ccccc1C(=O)NNc1ncnc(N(C)c2ccccc2)c1N. The topological polar surface area (TPSA) is 105 Å². The maximum absolute atomic E-state index is 12.4. The first-order valence-electron chi connectivity index (χ1n) is 8.20. The maximum Gasteiger partial charge on any atom is 0.273 e. The molecule has 8 nitrogen and oxygen atoms in total. The predicted molar refractivity (Wildman–Crippen MR) is 105 cm³/mol. The molecule has 0 aliphatic heterocycles. The van der Waals surface area contributed by atoms with Crippen LogP contribution in [0.5, 0.6) is 5.75 Å². The zero-order chi connectivity index (χ0) is 19.2. The summed E-state index contributed by atoms with van der Waals surface area (Å²) in [7, 11) is 3.36. The fraction of sp³-hybridized carbons (Fsp3) is 0.105. The molecule has 0 saturated heterocycles. The summed E-state index contributed by atoms with van der Waals surface area (Å²) in [5.74, 6) is 0.914. The lowest BCUT2D eigenvalue weighted by Crippen LogP contribution is -2.31. The Hall–Kier alpha value is -3.81. The lowest BCUT2D eigenvalue weighted by atomic mass is 10.2. The Balaban J connectivity index is 1.77. The molecule has 1 amide bonds. The van der Waals surface area contributed by atoms with Gasteiger partial charge in [-0.3, -0.25) is 15.6 Å². The molecule has 0 bridgehead atoms. The molecule has 0 saturated carbocycles. The second-order valence-electron chi connectivity index (χ2n) is 5.63. The smallest absolute Gasteiger partial charge is 0.273 e. The first kappa shape index (κ1) is 18.0. The Morgan fingerprint density at radius 3 is 2.52 bits per heavy atom. The largest absolute Gasteiger partial charge is 0.496 e. The van der Waals surface area contributed by atoms with Crippen molar-refractivity contribution >= 4 is 28.9 Å². The molecular weight excluding hydrogens is 344 g/mol. The van der Waals surface area contributed by atoms with E-state index in [1.807, 2.05) is 42.3 Å². The van der Waals surface area contributed by atoms with Gasteiger partial charge in [-0.15, -0.1) is 0 Å². The highest BCUT2D eigenvalue weighted by Gasteiger charge is 2.15. The Bertz CT molecular complexity index is 932. The molecule has 27 heavy (non-hydrogen) atoms. The summed E-state index contributed by atoms with van der Waals surface area (Å²) in [6.45, 7) is 0. The lowest BCUT2D eigenvalue weighted by molar-refractivity contribution is 0.0959. The van der Waals surface area contributed by atoms with E-state index in [4.69, 9.17) is 10.5 Å². The molecule has 1 aromatic heterocycles. The molecule has 1 heterocycles. The Labute approximate surface area is 157 Å². The van der Waals surface area contributed by atoms with Gasteiger partial charge in [0.15, 0.2) is 11.6 Å². The van der Waals surface area contributed by atoms with Crippen LogP contribution in [0.3, 0.4) is 0 Å². The van der Waals surface area contributed by atoms with Crippen molar-refractivity contribution in [3.05, 3.63) is 66.5 Å². The minimum atomic E-state index is -0.372. The van der Waals surface area contributed by atoms with Gasteiger partial charge < -0.3 is 15.4 Å². The zero-order valence-electron chi connectivity index (χ0n) is 15.0. The number of ether oxygens (including phenoxy) is 1. The van der Waals surface area contributed by atoms with Crippen molar-refractivity contribution in [1.82, 2.24) is 15.4 Å². The van der Waals surface area contributed by atoms with E-state index in [1.54, 1.807) is 24.3 Å². The molecule has 0 atom stereocenters. The fourth-order valence-corrected chi connectivity index (χ4v) is 2.54. The number of anilines is 4. The molecule has 8 heteroatoms. The van der Waals surface area contributed by atoms with Gasteiger partial charge >= 0.3 is 0 Å². The number of carbonyl (C=O) groups is 1. The number of para-hydroxylation sites is 2. The van der Waals surface area contributed by atoms with Crippen LogP contribution in [-0.2, 0) is 0 Å². The van der Waals surface area contributed by atoms with Gasteiger partial charge in [0.25, 0.3) is 5.91 Å². The Morgan fingerprint density at radius 2 is 1.78 bits per heavy atom. The molecule has 0 spiro atoms. The third-order valence-corrected chi connectivity index (χ3v) is 3.97. The highest BCUT2D eigenvalue weighted by Crippen LogP contribution is 2.29. The van der Waals surface area contributed by atoms with Crippen molar-refractivity contribution < 1.29 is 9.53 Å². The van der Waals surface area contributed by atoms with Gasteiger partial charge in [-0.1, -0.05) is 30.3 Å². The van der Waals surface area contributed by atoms with Crippen molar-refractivity contribution in [2.45, 2.75) is 0 Å². The third-order valence-electron chi connectivity index (χ3n) is 3.97. The number of nitrogens with two attached hydrogens (primary N) is 1. The molecule has 0 fully saturated rings. The number of hydrazine groups is 1. The van der Waals surface area contributed by atoms with E-state index >= 15 is 0 Å². The van der Waals surface area contributed by atoms with Crippen molar-refractivity contribution in [1.29, 1.82) is 0 Å². The van der Waals surface area contributed by atoms with E-state index in [1.165, 1.54) is 13.4 Å². The second kappa shape index (κ2) is 8.05. The average molecular weight is 364 g/mol. The molecule has 2 aromatic carbocycles. The van der Waals surface area contributed by atoms with Crippen LogP contribution in [0.15, 0.2) is 60.9 Å². The van der Waals surface area contributed by atoms with Gasteiger partial charge in [0, 0.05) is 12.7 Å². The maximum atomic E-state index is 12.4. The number of nitrogen functional groups attached to an aromatic ring is 1. The highest BCUT2D eigenvalue weighted by atomic mass is 16.5. The minimum absolute atomic E-state index is 0.297. The first-order valence-corrected chi connectivity index (χ1v) is 8.20. The summed E-state index contributed by atoms with van der Waals surface area (Å²) >= 11 is 0. The first-order chi connectivity index (χ1) is 13.1. The number of rotatable bonds is 6. The summed E-state index contributed by atoms with van der Waals surface area (Å²) in [6, 6.07) is 16.6. The zero-order valence-corrected chi connectivity index (χ0v) is 15.0. The lowest BCUT2D eigenvalue weighted by Gasteiger charge is -2.21. The molecule has 0 unspecified atom stereocenters. The number of nitrogens with one attached hydrogen (secondary N) is 2. The molecule has 0 aliphatic rings. The van der Waals surface area contributed by atoms with Crippen molar-refractivity contribution in [2.24, 2.45) is 0 Å². The van der Waals surface area contributed by atoms with Crippen LogP contribution < -0.4 is 26.2 Å². The highest BCUT2D eigenvalue weighted by molar-refractivity contribution is 5.97. The van der Waals surface area contributed by atoms with E-state index in [0.29, 0.717) is 28.6 Å². The molecule has 3 rings (SSSR count). The molecule has 138 valence electrons. The summed E-state index contributed by atoms with van der Waals surface area (Å²) in [5.41, 5.74) is 13.2. The fourth-order valence-electron chi connectivity index (χ4n) is 2.54. The molecule has 4 N–H and O–H groups in total. The van der Waals surface area contributed by atoms with Gasteiger partial charge in [-0.2, -0.15) is 0 Å². The number of amides is 1. The van der Waals surface area contributed by atoms with E-state index in [2.05, 4.69) is 20.8 Å². The summed E-state index contributed by atoms with van der Waals surface area (Å²) < 4.78 is 5.20. The van der Waals surface area contributed by atoms with E-state index in [0.717, 1.165) is 5.69 Å². The Kier molecular flexibility index (Phi) is 5.36. The van der Waals surface area contributed by atoms with Crippen LogP contribution in [0.25, 0.3) is 0 Å². The molecule has 0 radical (unpaired) electrons. The summed E-state index contributed by atoms with van der Waals surface area (Å²) in [6.07, 6.45) is 1.38. The van der Waals surface area contributed by atoms with Crippen LogP contribution in [0, 0.1) is 0 Å². The van der Waals surface area contributed by atoms with Gasteiger partial charge in [0.05, 0.1) is 12.7 Å².